The zero-order valence-electron chi connectivity index (χ0n) is 23.6. The van der Waals surface area contributed by atoms with E-state index in [1.54, 1.807) is 36.2 Å². The van der Waals surface area contributed by atoms with Crippen molar-refractivity contribution in [1.82, 2.24) is 4.90 Å². The van der Waals surface area contributed by atoms with Crippen LogP contribution in [0.4, 0.5) is 17.6 Å². The molecule has 222 valence electrons. The SMILES string of the molecule is CCC(F)(CC)[C@@H](CCN(C)[C@H](C(=O)O)c1cccc(C)c1C1CCC(OC(F)(F)F)CC1)c1cccc(Cl)c1. The van der Waals surface area contributed by atoms with E-state index in [4.69, 9.17) is 11.6 Å². The molecule has 0 spiro atoms. The van der Waals surface area contributed by atoms with Crippen LogP contribution in [0.15, 0.2) is 42.5 Å². The first-order valence-corrected chi connectivity index (χ1v) is 14.4. The number of ether oxygens (including phenoxy) is 1. The molecule has 2 aromatic rings. The molecule has 0 aromatic heterocycles. The Kier molecular flexibility index (Phi) is 11.1. The number of halogens is 5. The number of carboxylic acids is 1. The summed E-state index contributed by atoms with van der Waals surface area (Å²) in [7, 11) is 1.73. The lowest BCUT2D eigenvalue weighted by Crippen LogP contribution is -2.37. The Bertz CT molecular complexity index is 1130. The fourth-order valence-corrected chi connectivity index (χ4v) is 6.57. The summed E-state index contributed by atoms with van der Waals surface area (Å²) in [5.74, 6) is -1.57. The second-order valence-corrected chi connectivity index (χ2v) is 11.4. The Morgan fingerprint density at radius 2 is 1.70 bits per heavy atom. The molecule has 40 heavy (non-hydrogen) atoms. The maximum absolute atomic E-state index is 16.1. The Hall–Kier alpha value is -2.16. The van der Waals surface area contributed by atoms with E-state index in [1.807, 2.05) is 39.0 Å². The van der Waals surface area contributed by atoms with E-state index in [2.05, 4.69) is 4.74 Å². The summed E-state index contributed by atoms with van der Waals surface area (Å²) in [6, 6.07) is 11.7. The summed E-state index contributed by atoms with van der Waals surface area (Å²) in [6.07, 6.45) is -3.09. The van der Waals surface area contributed by atoms with E-state index >= 15 is 4.39 Å². The summed E-state index contributed by atoms with van der Waals surface area (Å²) in [4.78, 5) is 14.4. The minimum absolute atomic E-state index is 0.0718. The van der Waals surface area contributed by atoms with E-state index in [1.165, 1.54) is 0 Å². The van der Waals surface area contributed by atoms with Crippen LogP contribution in [0.5, 0.6) is 0 Å². The van der Waals surface area contributed by atoms with Crippen LogP contribution in [0, 0.1) is 6.92 Å². The number of hydrogen-bond acceptors (Lipinski definition) is 3. The van der Waals surface area contributed by atoms with Crippen LogP contribution in [0.2, 0.25) is 5.02 Å². The number of alkyl halides is 4. The molecule has 0 amide bonds. The normalized spacial score (nSPS) is 19.9. The van der Waals surface area contributed by atoms with Crippen LogP contribution in [0.1, 0.15) is 98.9 Å². The standard InChI is InChI=1S/C31H40ClF4NO3/c1-5-30(33,6-2)26(22-10-8-11-23(32)19-22)17-18-37(4)28(29(38)39)25-12-7-9-20(3)27(25)21-13-15-24(16-14-21)40-31(34,35)36/h7-12,19,21,24,26,28H,5-6,13-18H2,1-4H3,(H,38,39)/t21?,24?,26-,28-/m0/s1. The van der Waals surface area contributed by atoms with Crippen molar-refractivity contribution in [2.45, 2.75) is 102 Å². The van der Waals surface area contributed by atoms with Gasteiger partial charge in [0.05, 0.1) is 6.10 Å². The van der Waals surface area contributed by atoms with Crippen molar-refractivity contribution in [3.8, 4) is 0 Å². The third kappa shape index (κ3) is 7.98. The third-order valence-corrected chi connectivity index (χ3v) is 8.77. The minimum atomic E-state index is -4.67. The van der Waals surface area contributed by atoms with Gasteiger partial charge in [-0.2, -0.15) is 0 Å². The van der Waals surface area contributed by atoms with E-state index < -0.39 is 36.1 Å². The summed E-state index contributed by atoms with van der Waals surface area (Å²) < 4.78 is 58.5. The maximum Gasteiger partial charge on any atom is 0.522 e. The topological polar surface area (TPSA) is 49.8 Å². The molecule has 2 atom stereocenters. The van der Waals surface area contributed by atoms with Gasteiger partial charge < -0.3 is 5.11 Å². The molecule has 0 aliphatic heterocycles. The van der Waals surface area contributed by atoms with Gasteiger partial charge in [-0.3, -0.25) is 14.4 Å². The number of nitrogens with zero attached hydrogens (tertiary/aromatic N) is 1. The van der Waals surface area contributed by atoms with Gasteiger partial charge >= 0.3 is 12.3 Å². The molecule has 0 unspecified atom stereocenters. The summed E-state index contributed by atoms with van der Waals surface area (Å²) >= 11 is 6.23. The number of aryl methyl sites for hydroxylation is 1. The predicted molar refractivity (Wildman–Crippen MR) is 150 cm³/mol. The highest BCUT2D eigenvalue weighted by Crippen LogP contribution is 2.43. The molecule has 2 aromatic carbocycles. The number of benzene rings is 2. The first kappa shape index (κ1) is 32.4. The molecule has 0 radical (unpaired) electrons. The lowest BCUT2D eigenvalue weighted by Gasteiger charge is -2.36. The molecule has 1 N–H and O–H groups in total. The average Bonchev–Trinajstić information content (AvgIpc) is 2.88. The molecule has 1 fully saturated rings. The first-order valence-electron chi connectivity index (χ1n) is 14.0. The van der Waals surface area contributed by atoms with E-state index in [0.717, 1.165) is 16.7 Å². The molecule has 3 rings (SSSR count). The van der Waals surface area contributed by atoms with Gasteiger partial charge in [0.1, 0.15) is 11.7 Å². The maximum atomic E-state index is 16.1. The molecule has 1 saturated carbocycles. The number of carbonyl (C=O) groups is 1. The Balaban J connectivity index is 1.86. The van der Waals surface area contributed by atoms with Crippen molar-refractivity contribution in [2.75, 3.05) is 13.6 Å². The van der Waals surface area contributed by atoms with Crippen LogP contribution in [0.25, 0.3) is 0 Å². The minimum Gasteiger partial charge on any atom is -0.480 e. The molecule has 0 heterocycles. The highest BCUT2D eigenvalue weighted by Gasteiger charge is 2.39. The molecule has 1 aliphatic carbocycles. The fraction of sp³-hybridized carbons (Fsp3) is 0.581. The van der Waals surface area contributed by atoms with Crippen molar-refractivity contribution in [2.24, 2.45) is 0 Å². The van der Waals surface area contributed by atoms with Gasteiger partial charge in [0.2, 0.25) is 0 Å². The van der Waals surface area contributed by atoms with E-state index in [9.17, 15) is 23.1 Å². The second-order valence-electron chi connectivity index (χ2n) is 11.0. The lowest BCUT2D eigenvalue weighted by atomic mass is 9.77. The highest BCUT2D eigenvalue weighted by molar-refractivity contribution is 6.30. The van der Waals surface area contributed by atoms with Crippen LogP contribution in [0.3, 0.4) is 0 Å². The smallest absolute Gasteiger partial charge is 0.480 e. The van der Waals surface area contributed by atoms with Gasteiger partial charge in [-0.15, -0.1) is 13.2 Å². The Labute approximate surface area is 239 Å². The van der Waals surface area contributed by atoms with Gasteiger partial charge in [0, 0.05) is 10.9 Å². The van der Waals surface area contributed by atoms with Crippen LogP contribution in [-0.4, -0.2) is 47.7 Å². The molecule has 0 bridgehead atoms. The quantitative estimate of drug-likeness (QED) is 0.253. The Morgan fingerprint density at radius 3 is 2.25 bits per heavy atom. The molecule has 0 saturated heterocycles. The van der Waals surface area contributed by atoms with E-state index in [0.29, 0.717) is 49.2 Å². The third-order valence-electron chi connectivity index (χ3n) is 8.53. The average molecular weight is 586 g/mol. The van der Waals surface area contributed by atoms with Crippen LogP contribution < -0.4 is 0 Å². The molecule has 1 aliphatic rings. The Morgan fingerprint density at radius 1 is 1.07 bits per heavy atom. The van der Waals surface area contributed by atoms with Crippen molar-refractivity contribution in [3.05, 3.63) is 69.7 Å². The van der Waals surface area contributed by atoms with E-state index in [-0.39, 0.29) is 18.8 Å². The van der Waals surface area contributed by atoms with Gasteiger partial charge in [-0.1, -0.05) is 55.8 Å². The highest BCUT2D eigenvalue weighted by atomic mass is 35.5. The number of carboxylic acid groups (broad SMARTS) is 1. The summed E-state index contributed by atoms with van der Waals surface area (Å²) in [6.45, 7) is 5.86. The monoisotopic (exact) mass is 585 g/mol. The van der Waals surface area contributed by atoms with Crippen LogP contribution in [-0.2, 0) is 9.53 Å². The van der Waals surface area contributed by atoms with Gasteiger partial charge in [0.25, 0.3) is 0 Å². The second kappa shape index (κ2) is 13.7. The largest absolute Gasteiger partial charge is 0.522 e. The zero-order chi connectivity index (χ0) is 29.7. The zero-order valence-corrected chi connectivity index (χ0v) is 24.4. The van der Waals surface area contributed by atoms with Crippen molar-refractivity contribution >= 4 is 17.6 Å². The number of hydrogen-bond donors (Lipinski definition) is 1. The fourth-order valence-electron chi connectivity index (χ4n) is 6.37. The van der Waals surface area contributed by atoms with Gasteiger partial charge in [-0.25, -0.2) is 4.39 Å². The molecule has 4 nitrogen and oxygen atoms in total. The van der Waals surface area contributed by atoms with Gasteiger partial charge in [-0.05, 0) is 106 Å². The van der Waals surface area contributed by atoms with Crippen molar-refractivity contribution in [3.63, 3.8) is 0 Å². The lowest BCUT2D eigenvalue weighted by molar-refractivity contribution is -0.345. The van der Waals surface area contributed by atoms with Crippen molar-refractivity contribution < 1.29 is 32.2 Å². The molecular formula is C31H40ClF4NO3. The predicted octanol–water partition coefficient (Wildman–Crippen LogP) is 8.97. The number of rotatable bonds is 12. The number of likely N-dealkylation sites (N-methyl/N-ethyl adjacent to an activating group) is 1. The first-order chi connectivity index (χ1) is 18.8. The molecular weight excluding hydrogens is 546 g/mol. The van der Waals surface area contributed by atoms with Crippen LogP contribution >= 0.6 is 11.6 Å². The van der Waals surface area contributed by atoms with Gasteiger partial charge in [0.15, 0.2) is 0 Å². The molecule has 9 heteroatoms. The number of aliphatic carboxylic acids is 1. The summed E-state index contributed by atoms with van der Waals surface area (Å²) in [5, 5.41) is 10.9. The van der Waals surface area contributed by atoms with Crippen molar-refractivity contribution in [1.29, 1.82) is 0 Å². The summed E-state index contributed by atoms with van der Waals surface area (Å²) in [5.41, 5.74) is 1.73.